The van der Waals surface area contributed by atoms with Crippen molar-refractivity contribution in [1.82, 2.24) is 9.55 Å². The summed E-state index contributed by atoms with van der Waals surface area (Å²) in [6.45, 7) is 0. The molecule has 0 saturated carbocycles. The van der Waals surface area contributed by atoms with Crippen molar-refractivity contribution in [3.63, 3.8) is 0 Å². The van der Waals surface area contributed by atoms with Gasteiger partial charge in [-0.15, -0.1) is 0 Å². The molecule has 1 N–H and O–H groups in total. The van der Waals surface area contributed by atoms with E-state index in [0.717, 1.165) is 0 Å². The maximum Gasteiger partial charge on any atom is 0.336 e. The van der Waals surface area contributed by atoms with Gasteiger partial charge in [0.15, 0.2) is 16.7 Å². The number of rotatable bonds is 6. The second-order valence-electron chi connectivity index (χ2n) is 7.65. The van der Waals surface area contributed by atoms with Crippen LogP contribution in [0.3, 0.4) is 0 Å². The van der Waals surface area contributed by atoms with Crippen molar-refractivity contribution in [2.75, 3.05) is 14.2 Å². The Morgan fingerprint density at radius 2 is 1.74 bits per heavy atom. The number of phenolic OH excluding ortho intramolecular Hbond substituents is 1. The highest BCUT2D eigenvalue weighted by Gasteiger charge is 2.16. The van der Waals surface area contributed by atoms with Crippen molar-refractivity contribution in [1.29, 1.82) is 0 Å². The number of nitrogens with zero attached hydrogens (tertiary/aromatic N) is 2. The van der Waals surface area contributed by atoms with E-state index in [9.17, 15) is 14.7 Å². The molecule has 8 nitrogen and oxygen atoms in total. The molecule has 0 spiro atoms. The van der Waals surface area contributed by atoms with Gasteiger partial charge in [-0.05, 0) is 42.0 Å². The van der Waals surface area contributed by atoms with Crippen LogP contribution in [0.4, 0.5) is 0 Å². The lowest BCUT2D eigenvalue weighted by Crippen LogP contribution is -2.21. The molecule has 176 valence electrons. The summed E-state index contributed by atoms with van der Waals surface area (Å²) in [5.41, 5.74) is 1.37. The van der Waals surface area contributed by atoms with Gasteiger partial charge < -0.3 is 19.0 Å². The minimum Gasteiger partial charge on any atom is -0.508 e. The van der Waals surface area contributed by atoms with Gasteiger partial charge in [-0.2, -0.15) is 0 Å². The zero-order valence-electron chi connectivity index (χ0n) is 18.8. The Hall–Kier alpha value is -4.24. The Morgan fingerprint density at radius 3 is 2.54 bits per heavy atom. The summed E-state index contributed by atoms with van der Waals surface area (Å²) in [5, 5.41) is 11.4. The summed E-state index contributed by atoms with van der Waals surface area (Å²) in [4.78, 5) is 30.4. The van der Waals surface area contributed by atoms with E-state index in [1.165, 1.54) is 41.6 Å². The molecule has 2 aromatic heterocycles. The first kappa shape index (κ1) is 22.5. The summed E-state index contributed by atoms with van der Waals surface area (Å²) in [7, 11) is 3.08. The Bertz CT molecular complexity index is 1690. The number of hydrogen-bond donors (Lipinski definition) is 1. The molecule has 0 aliphatic carbocycles. The fourth-order valence-electron chi connectivity index (χ4n) is 3.88. The van der Waals surface area contributed by atoms with Crippen LogP contribution < -0.4 is 20.7 Å². The standard InChI is InChI=1S/C26H20N2O6S/c1-32-21-10-7-16(12-23(21)33-2)28-25(31)19-5-3-4-6-20(19)27-26(28)35-14-15-11-24(30)34-22-13-17(29)8-9-18(15)22/h3-13,29H,14H2,1-2H3. The van der Waals surface area contributed by atoms with Crippen LogP contribution in [-0.4, -0.2) is 28.9 Å². The van der Waals surface area contributed by atoms with Crippen LogP contribution in [0.15, 0.2) is 85.9 Å². The molecule has 2 heterocycles. The Balaban J connectivity index is 1.65. The van der Waals surface area contributed by atoms with E-state index in [-0.39, 0.29) is 16.9 Å². The molecule has 0 fully saturated rings. The molecule has 0 aliphatic heterocycles. The van der Waals surface area contributed by atoms with Crippen molar-refractivity contribution in [3.8, 4) is 22.9 Å². The normalized spacial score (nSPS) is 11.1. The molecule has 0 unspecified atom stereocenters. The van der Waals surface area contributed by atoms with Gasteiger partial charge >= 0.3 is 5.63 Å². The van der Waals surface area contributed by atoms with Crippen molar-refractivity contribution < 1.29 is 19.0 Å². The van der Waals surface area contributed by atoms with E-state index in [4.69, 9.17) is 18.9 Å². The largest absolute Gasteiger partial charge is 0.508 e. The number of aromatic hydroxyl groups is 1. The van der Waals surface area contributed by atoms with E-state index >= 15 is 0 Å². The molecule has 0 saturated heterocycles. The molecule has 35 heavy (non-hydrogen) atoms. The Morgan fingerprint density at radius 1 is 0.943 bits per heavy atom. The lowest BCUT2D eigenvalue weighted by atomic mass is 10.1. The number of aromatic nitrogens is 2. The molecule has 5 rings (SSSR count). The fourth-order valence-corrected chi connectivity index (χ4v) is 4.88. The van der Waals surface area contributed by atoms with Crippen molar-refractivity contribution in [2.45, 2.75) is 10.9 Å². The van der Waals surface area contributed by atoms with Gasteiger partial charge in [0.05, 0.1) is 30.8 Å². The third-order valence-corrected chi connectivity index (χ3v) is 6.53. The zero-order valence-corrected chi connectivity index (χ0v) is 19.7. The highest BCUT2D eigenvalue weighted by molar-refractivity contribution is 7.98. The number of ether oxygens (including phenoxy) is 2. The number of hydrogen-bond acceptors (Lipinski definition) is 8. The lowest BCUT2D eigenvalue weighted by Gasteiger charge is -2.15. The lowest BCUT2D eigenvalue weighted by molar-refractivity contribution is 0.354. The van der Waals surface area contributed by atoms with Crippen molar-refractivity contribution >= 4 is 33.6 Å². The van der Waals surface area contributed by atoms with Gasteiger partial charge in [0.1, 0.15) is 11.3 Å². The minimum absolute atomic E-state index is 0.00365. The number of para-hydroxylation sites is 1. The van der Waals surface area contributed by atoms with Crippen LogP contribution in [0.25, 0.3) is 27.6 Å². The topological polar surface area (TPSA) is 104 Å². The van der Waals surface area contributed by atoms with Crippen LogP contribution in [0.2, 0.25) is 0 Å². The molecule has 0 atom stereocenters. The first-order chi connectivity index (χ1) is 17.0. The molecular weight excluding hydrogens is 468 g/mol. The van der Waals surface area contributed by atoms with Gasteiger partial charge in [-0.25, -0.2) is 9.78 Å². The van der Waals surface area contributed by atoms with Gasteiger partial charge in [-0.1, -0.05) is 23.9 Å². The van der Waals surface area contributed by atoms with E-state index < -0.39 is 5.63 Å². The Kier molecular flexibility index (Phi) is 5.92. The number of thioether (sulfide) groups is 1. The van der Waals surface area contributed by atoms with E-state index in [2.05, 4.69) is 0 Å². The minimum atomic E-state index is -0.526. The molecular formula is C26H20N2O6S. The summed E-state index contributed by atoms with van der Waals surface area (Å²) < 4.78 is 17.5. The maximum absolute atomic E-state index is 13.6. The quantitative estimate of drug-likeness (QED) is 0.212. The van der Waals surface area contributed by atoms with Gasteiger partial charge in [0.2, 0.25) is 0 Å². The predicted octanol–water partition coefficient (Wildman–Crippen LogP) is 4.51. The third-order valence-electron chi connectivity index (χ3n) is 5.54. The first-order valence-corrected chi connectivity index (χ1v) is 11.6. The van der Waals surface area contributed by atoms with Crippen LogP contribution >= 0.6 is 11.8 Å². The average molecular weight is 489 g/mol. The molecule has 9 heteroatoms. The zero-order chi connectivity index (χ0) is 24.5. The monoisotopic (exact) mass is 488 g/mol. The second kappa shape index (κ2) is 9.19. The summed E-state index contributed by atoms with van der Waals surface area (Å²) in [6, 6.07) is 18.4. The van der Waals surface area contributed by atoms with Crippen LogP contribution in [-0.2, 0) is 5.75 Å². The SMILES string of the molecule is COc1ccc(-n2c(SCc3cc(=O)oc4cc(O)ccc34)nc3ccccc3c2=O)cc1OC. The summed E-state index contributed by atoms with van der Waals surface area (Å²) in [6.07, 6.45) is 0. The highest BCUT2D eigenvalue weighted by Crippen LogP contribution is 2.32. The van der Waals surface area contributed by atoms with Gasteiger partial charge in [-0.3, -0.25) is 9.36 Å². The molecule has 0 amide bonds. The molecule has 0 aliphatic rings. The number of benzene rings is 3. The van der Waals surface area contributed by atoms with Crippen LogP contribution in [0, 0.1) is 0 Å². The maximum atomic E-state index is 13.6. The fraction of sp³-hybridized carbons (Fsp3) is 0.115. The summed E-state index contributed by atoms with van der Waals surface area (Å²) >= 11 is 1.31. The molecule has 3 aromatic carbocycles. The van der Waals surface area contributed by atoms with Crippen LogP contribution in [0.5, 0.6) is 17.2 Å². The number of phenols is 1. The van der Waals surface area contributed by atoms with Crippen molar-refractivity contribution in [2.24, 2.45) is 0 Å². The Labute approximate surface area is 203 Å². The third kappa shape index (κ3) is 4.22. The number of fused-ring (bicyclic) bond motifs is 2. The van der Waals surface area contributed by atoms with Gasteiger partial charge in [0.25, 0.3) is 5.56 Å². The molecule has 0 bridgehead atoms. The van der Waals surface area contributed by atoms with Crippen LogP contribution in [0.1, 0.15) is 5.56 Å². The number of methoxy groups -OCH3 is 2. The van der Waals surface area contributed by atoms with E-state index in [1.54, 1.807) is 49.6 Å². The molecule has 5 aromatic rings. The van der Waals surface area contributed by atoms with E-state index in [1.807, 2.05) is 6.07 Å². The smallest absolute Gasteiger partial charge is 0.336 e. The predicted molar refractivity (Wildman–Crippen MR) is 134 cm³/mol. The highest BCUT2D eigenvalue weighted by atomic mass is 32.2. The summed E-state index contributed by atoms with van der Waals surface area (Å²) in [5.74, 6) is 1.36. The second-order valence-corrected chi connectivity index (χ2v) is 8.59. The molecule has 0 radical (unpaired) electrons. The average Bonchev–Trinajstić information content (AvgIpc) is 2.86. The van der Waals surface area contributed by atoms with Gasteiger partial charge in [0, 0.05) is 29.3 Å². The first-order valence-electron chi connectivity index (χ1n) is 10.6. The van der Waals surface area contributed by atoms with Crippen molar-refractivity contribution in [3.05, 3.63) is 93.1 Å². The van der Waals surface area contributed by atoms with E-state index in [0.29, 0.717) is 49.9 Å².